The number of aliphatic hydroxyl groups is 1. The second-order valence-corrected chi connectivity index (χ2v) is 6.87. The van der Waals surface area contributed by atoms with Gasteiger partial charge < -0.3 is 26.9 Å². The van der Waals surface area contributed by atoms with Gasteiger partial charge in [-0.1, -0.05) is 13.5 Å². The predicted octanol–water partition coefficient (Wildman–Crippen LogP) is 3.04. The van der Waals surface area contributed by atoms with E-state index >= 15 is 0 Å². The minimum atomic E-state index is -0.138. The number of hydrogen-bond acceptors (Lipinski definition) is 5. The van der Waals surface area contributed by atoms with Crippen LogP contribution in [0.3, 0.4) is 0 Å². The minimum Gasteiger partial charge on any atom is -0.399 e. The molecular formula is C20H34N4O. The van der Waals surface area contributed by atoms with E-state index in [1.807, 2.05) is 25.8 Å². The fourth-order valence-electron chi connectivity index (χ4n) is 3.00. The van der Waals surface area contributed by atoms with E-state index in [-0.39, 0.29) is 12.6 Å². The van der Waals surface area contributed by atoms with Crippen LogP contribution in [0.25, 0.3) is 0 Å². The molecule has 1 aliphatic carbocycles. The number of aliphatic hydroxyl groups excluding tert-OH is 1. The van der Waals surface area contributed by atoms with Gasteiger partial charge in [-0.3, -0.25) is 0 Å². The third-order valence-electron chi connectivity index (χ3n) is 5.09. The van der Waals surface area contributed by atoms with Crippen LogP contribution in [0.4, 0.5) is 0 Å². The molecular weight excluding hydrogens is 312 g/mol. The highest BCUT2D eigenvalue weighted by Crippen LogP contribution is 2.39. The van der Waals surface area contributed by atoms with E-state index in [4.69, 9.17) is 16.9 Å². The molecule has 1 atom stereocenters. The van der Waals surface area contributed by atoms with Gasteiger partial charge in [0.2, 0.25) is 0 Å². The fourth-order valence-corrected chi connectivity index (χ4v) is 3.00. The second-order valence-electron chi connectivity index (χ2n) is 6.87. The quantitative estimate of drug-likeness (QED) is 0.361. The van der Waals surface area contributed by atoms with Crippen molar-refractivity contribution < 1.29 is 5.11 Å². The van der Waals surface area contributed by atoms with Crippen molar-refractivity contribution >= 4 is 6.21 Å². The monoisotopic (exact) mass is 346 g/mol. The van der Waals surface area contributed by atoms with Gasteiger partial charge in [0.15, 0.2) is 0 Å². The summed E-state index contributed by atoms with van der Waals surface area (Å²) in [6.07, 6.45) is 7.13. The van der Waals surface area contributed by atoms with E-state index < -0.39 is 0 Å². The average Bonchev–Trinajstić information content (AvgIpc) is 3.40. The Morgan fingerprint density at radius 1 is 1.32 bits per heavy atom. The first-order valence-electron chi connectivity index (χ1n) is 8.95. The highest BCUT2D eigenvalue weighted by molar-refractivity contribution is 5.69. The molecule has 5 nitrogen and oxygen atoms in total. The maximum atomic E-state index is 10.0. The first-order chi connectivity index (χ1) is 11.8. The molecule has 1 aliphatic rings. The number of likely N-dealkylation sites (N-methyl/N-ethyl adjacent to an activating group) is 1. The Morgan fingerprint density at radius 3 is 2.32 bits per heavy atom. The summed E-state index contributed by atoms with van der Waals surface area (Å²) in [4.78, 5) is 1.94. The van der Waals surface area contributed by atoms with Crippen LogP contribution in [0.5, 0.6) is 0 Å². The number of nitrogens with two attached hydrogens (primary N) is 2. The number of nitrogens with zero attached hydrogens (tertiary/aromatic N) is 1. The van der Waals surface area contributed by atoms with Gasteiger partial charge in [-0.05, 0) is 68.2 Å². The third kappa shape index (κ3) is 5.49. The molecule has 0 aromatic rings. The van der Waals surface area contributed by atoms with Crippen molar-refractivity contribution in [3.8, 4) is 0 Å². The standard InChI is InChI=1S/C20H34N4O/c1-6-17(18(14(3)22)11-16-7-8-16)19(12-25)20(23)24(5)15(4)13(2)9-10-21/h9-10,15-16,21,25H,3,6-8,11-12,22-23H2,1-2,4-5H3/b13-9+,18-17-,20-19+,21-10?. The van der Waals surface area contributed by atoms with E-state index in [1.165, 1.54) is 19.1 Å². The largest absolute Gasteiger partial charge is 0.399 e. The lowest BCUT2D eigenvalue weighted by Crippen LogP contribution is -2.35. The van der Waals surface area contributed by atoms with Crippen molar-refractivity contribution in [3.63, 3.8) is 0 Å². The Hall–Kier alpha value is -2.01. The number of allylic oxidation sites excluding steroid dienone is 2. The van der Waals surface area contributed by atoms with E-state index in [9.17, 15) is 5.11 Å². The molecule has 1 saturated carbocycles. The van der Waals surface area contributed by atoms with E-state index in [2.05, 4.69) is 13.5 Å². The minimum absolute atomic E-state index is 0.0224. The van der Waals surface area contributed by atoms with Crippen LogP contribution in [-0.2, 0) is 0 Å². The summed E-state index contributed by atoms with van der Waals surface area (Å²) < 4.78 is 0. The van der Waals surface area contributed by atoms with Gasteiger partial charge >= 0.3 is 0 Å². The molecule has 0 aromatic carbocycles. The molecule has 1 unspecified atom stereocenters. The zero-order valence-corrected chi connectivity index (χ0v) is 16.1. The van der Waals surface area contributed by atoms with Gasteiger partial charge in [-0.25, -0.2) is 0 Å². The predicted molar refractivity (Wildman–Crippen MR) is 106 cm³/mol. The molecule has 0 aliphatic heterocycles. The van der Waals surface area contributed by atoms with Gasteiger partial charge in [0.05, 0.1) is 6.61 Å². The van der Waals surface area contributed by atoms with Crippen molar-refractivity contribution in [1.29, 1.82) is 5.41 Å². The molecule has 0 bridgehead atoms. The van der Waals surface area contributed by atoms with Crippen LogP contribution in [0.1, 0.15) is 46.5 Å². The second kappa shape index (κ2) is 9.47. The van der Waals surface area contributed by atoms with Gasteiger partial charge in [-0.2, -0.15) is 0 Å². The summed E-state index contributed by atoms with van der Waals surface area (Å²) in [5, 5.41) is 17.3. The van der Waals surface area contributed by atoms with Crippen LogP contribution in [-0.4, -0.2) is 35.9 Å². The zero-order valence-electron chi connectivity index (χ0n) is 16.1. The van der Waals surface area contributed by atoms with Crippen LogP contribution >= 0.6 is 0 Å². The molecule has 25 heavy (non-hydrogen) atoms. The first kappa shape index (κ1) is 21.0. The zero-order chi connectivity index (χ0) is 19.1. The van der Waals surface area contributed by atoms with Gasteiger partial charge in [0.25, 0.3) is 0 Å². The molecule has 1 fully saturated rings. The van der Waals surface area contributed by atoms with Crippen LogP contribution in [0.2, 0.25) is 0 Å². The lowest BCUT2D eigenvalue weighted by molar-refractivity contribution is 0.310. The molecule has 140 valence electrons. The maximum absolute atomic E-state index is 10.0. The normalized spacial score (nSPS) is 18.2. The SMILES string of the molecule is C=C(N)/C(CC1CC1)=C(CC)\C(CO)=C(/N)N(C)C(C)/C(C)=C/C=N. The molecule has 0 aromatic heterocycles. The van der Waals surface area contributed by atoms with Crippen molar-refractivity contribution in [1.82, 2.24) is 4.90 Å². The first-order valence-corrected chi connectivity index (χ1v) is 8.95. The van der Waals surface area contributed by atoms with Gasteiger partial charge in [0.1, 0.15) is 5.82 Å². The molecule has 5 heteroatoms. The summed E-state index contributed by atoms with van der Waals surface area (Å²) in [6.45, 7) is 9.85. The summed E-state index contributed by atoms with van der Waals surface area (Å²) in [5.74, 6) is 1.21. The van der Waals surface area contributed by atoms with Crippen LogP contribution in [0, 0.1) is 11.3 Å². The molecule has 0 saturated heterocycles. The highest BCUT2D eigenvalue weighted by atomic mass is 16.3. The van der Waals surface area contributed by atoms with E-state index in [1.54, 1.807) is 6.08 Å². The Balaban J connectivity index is 3.32. The van der Waals surface area contributed by atoms with Gasteiger partial charge in [0, 0.05) is 30.6 Å². The smallest absolute Gasteiger partial charge is 0.105 e. The molecule has 6 N–H and O–H groups in total. The lowest BCUT2D eigenvalue weighted by atomic mass is 9.92. The highest BCUT2D eigenvalue weighted by Gasteiger charge is 2.26. The van der Waals surface area contributed by atoms with Crippen molar-refractivity contribution in [2.24, 2.45) is 17.4 Å². The maximum Gasteiger partial charge on any atom is 0.105 e. The molecule has 0 spiro atoms. The number of rotatable bonds is 10. The summed E-state index contributed by atoms with van der Waals surface area (Å²) in [7, 11) is 1.90. The van der Waals surface area contributed by atoms with Crippen molar-refractivity contribution in [2.45, 2.75) is 52.5 Å². The van der Waals surface area contributed by atoms with Crippen molar-refractivity contribution in [2.75, 3.05) is 13.7 Å². The Morgan fingerprint density at radius 2 is 1.92 bits per heavy atom. The summed E-state index contributed by atoms with van der Waals surface area (Å²) in [6, 6.07) is 0.0224. The summed E-state index contributed by atoms with van der Waals surface area (Å²) in [5.41, 5.74) is 16.8. The van der Waals surface area contributed by atoms with Gasteiger partial charge in [-0.15, -0.1) is 0 Å². The number of hydrogen-bond donors (Lipinski definition) is 4. The molecule has 0 heterocycles. The average molecular weight is 347 g/mol. The Kier molecular flexibility index (Phi) is 7.97. The lowest BCUT2D eigenvalue weighted by Gasteiger charge is -2.30. The molecule has 0 radical (unpaired) electrons. The topological polar surface area (TPSA) is 99.4 Å². The van der Waals surface area contributed by atoms with Crippen LogP contribution < -0.4 is 11.5 Å². The Bertz CT molecular complexity index is 597. The third-order valence-corrected chi connectivity index (χ3v) is 5.09. The Labute approximate surface area is 152 Å². The fraction of sp³-hybridized carbons (Fsp3) is 0.550. The molecule has 1 rings (SSSR count). The van der Waals surface area contributed by atoms with E-state index in [0.29, 0.717) is 17.4 Å². The molecule has 0 amide bonds. The summed E-state index contributed by atoms with van der Waals surface area (Å²) >= 11 is 0. The van der Waals surface area contributed by atoms with Crippen molar-refractivity contribution in [3.05, 3.63) is 46.5 Å². The van der Waals surface area contributed by atoms with Crippen LogP contribution in [0.15, 0.2) is 46.5 Å². The van der Waals surface area contributed by atoms with E-state index in [0.717, 1.165) is 35.1 Å². The number of nitrogens with one attached hydrogen (secondary N) is 1.